The number of halogens is 2. The van der Waals surface area contributed by atoms with E-state index in [9.17, 15) is 9.59 Å². The Morgan fingerprint density at radius 3 is 2.62 bits per heavy atom. The molecule has 3 aromatic heterocycles. The van der Waals surface area contributed by atoms with Crippen molar-refractivity contribution in [3.05, 3.63) is 35.6 Å². The molecule has 8 nitrogen and oxygen atoms in total. The second-order valence-corrected chi connectivity index (χ2v) is 6.40. The summed E-state index contributed by atoms with van der Waals surface area (Å²) in [5, 5.41) is 3.93. The number of rotatable bonds is 2. The molecule has 0 spiro atoms. The fourth-order valence-corrected chi connectivity index (χ4v) is 3.13. The molecule has 3 heterocycles. The molecule has 21 heavy (non-hydrogen) atoms. The molecule has 0 saturated carbocycles. The van der Waals surface area contributed by atoms with Crippen molar-refractivity contribution in [1.82, 2.24) is 28.3 Å². The van der Waals surface area contributed by atoms with Gasteiger partial charge in [0.25, 0.3) is 5.56 Å². The van der Waals surface area contributed by atoms with Crippen LogP contribution in [-0.4, -0.2) is 28.3 Å². The summed E-state index contributed by atoms with van der Waals surface area (Å²) in [4.78, 5) is 28.4. The third-order valence-corrected chi connectivity index (χ3v) is 4.70. The van der Waals surface area contributed by atoms with E-state index in [0.717, 1.165) is 16.1 Å². The van der Waals surface area contributed by atoms with Crippen LogP contribution in [-0.2, 0) is 20.6 Å². The van der Waals surface area contributed by atoms with Gasteiger partial charge in [0.2, 0.25) is 0 Å². The molecule has 0 aliphatic rings. The Kier molecular flexibility index (Phi) is 3.46. The zero-order valence-electron chi connectivity index (χ0n) is 10.9. The molecule has 0 radical (unpaired) electrons. The Labute approximate surface area is 134 Å². The van der Waals surface area contributed by atoms with Crippen LogP contribution in [0.2, 0.25) is 4.34 Å². The SMILES string of the molecule is Cn1c(=O)c2nc(Br)n(Cc3nnsc3Cl)c2n(C)c1=O. The predicted octanol–water partition coefficient (Wildman–Crippen LogP) is 0.749. The normalized spacial score (nSPS) is 11.4. The Morgan fingerprint density at radius 2 is 2.00 bits per heavy atom. The third kappa shape index (κ3) is 2.14. The molecule has 0 atom stereocenters. The summed E-state index contributed by atoms with van der Waals surface area (Å²) >= 11 is 10.4. The van der Waals surface area contributed by atoms with Crippen LogP contribution in [0, 0.1) is 0 Å². The van der Waals surface area contributed by atoms with E-state index >= 15 is 0 Å². The van der Waals surface area contributed by atoms with Crippen LogP contribution in [0.5, 0.6) is 0 Å². The lowest BCUT2D eigenvalue weighted by molar-refractivity contribution is 0.680. The summed E-state index contributed by atoms with van der Waals surface area (Å²) in [6.45, 7) is 0.257. The first kappa shape index (κ1) is 14.4. The van der Waals surface area contributed by atoms with Crippen molar-refractivity contribution in [1.29, 1.82) is 0 Å². The maximum atomic E-state index is 12.1. The van der Waals surface area contributed by atoms with Gasteiger partial charge in [0.15, 0.2) is 15.9 Å². The van der Waals surface area contributed by atoms with E-state index in [1.54, 1.807) is 11.6 Å². The highest BCUT2D eigenvalue weighted by Gasteiger charge is 2.19. The fourth-order valence-electron chi connectivity index (χ4n) is 2.04. The highest BCUT2D eigenvalue weighted by Crippen LogP contribution is 2.22. The summed E-state index contributed by atoms with van der Waals surface area (Å²) in [5.41, 5.74) is 0.276. The molecule has 0 bridgehead atoms. The van der Waals surface area contributed by atoms with Crippen molar-refractivity contribution in [3.8, 4) is 0 Å². The summed E-state index contributed by atoms with van der Waals surface area (Å²) in [7, 11) is 2.99. The molecule has 0 amide bonds. The number of aryl methyl sites for hydroxylation is 1. The molecule has 0 N–H and O–H groups in total. The Morgan fingerprint density at radius 1 is 1.29 bits per heavy atom. The number of fused-ring (bicyclic) bond motifs is 1. The van der Waals surface area contributed by atoms with Gasteiger partial charge >= 0.3 is 5.69 Å². The van der Waals surface area contributed by atoms with E-state index in [1.165, 1.54) is 11.6 Å². The van der Waals surface area contributed by atoms with Gasteiger partial charge in [-0.25, -0.2) is 9.78 Å². The highest BCUT2D eigenvalue weighted by atomic mass is 79.9. The van der Waals surface area contributed by atoms with Gasteiger partial charge < -0.3 is 0 Å². The van der Waals surface area contributed by atoms with E-state index in [2.05, 4.69) is 30.5 Å². The van der Waals surface area contributed by atoms with Crippen molar-refractivity contribution in [3.63, 3.8) is 0 Å². The number of hydrogen-bond donors (Lipinski definition) is 0. The minimum absolute atomic E-state index is 0.200. The van der Waals surface area contributed by atoms with Gasteiger partial charge in [0.1, 0.15) is 10.0 Å². The lowest BCUT2D eigenvalue weighted by Gasteiger charge is -2.08. The molecule has 0 aliphatic carbocycles. The molecule has 110 valence electrons. The van der Waals surface area contributed by atoms with Gasteiger partial charge in [-0.15, -0.1) is 5.10 Å². The average Bonchev–Trinajstić information content (AvgIpc) is 3.00. The number of imidazole rings is 1. The summed E-state index contributed by atoms with van der Waals surface area (Å²) in [6, 6.07) is 0. The Balaban J connectivity index is 2.34. The van der Waals surface area contributed by atoms with E-state index in [1.807, 2.05) is 0 Å². The second kappa shape index (κ2) is 5.04. The van der Waals surface area contributed by atoms with Crippen LogP contribution in [0.3, 0.4) is 0 Å². The molecule has 0 aliphatic heterocycles. The first-order chi connectivity index (χ1) is 9.91. The average molecular weight is 392 g/mol. The van der Waals surface area contributed by atoms with Crippen LogP contribution in [0.25, 0.3) is 11.2 Å². The van der Waals surface area contributed by atoms with Gasteiger partial charge in [0.05, 0.1) is 6.54 Å². The molecular formula is C10H8BrClN6O2S. The first-order valence-corrected chi connectivity index (χ1v) is 7.64. The van der Waals surface area contributed by atoms with Crippen LogP contribution in [0.1, 0.15) is 5.69 Å². The Hall–Kier alpha value is -1.52. The minimum Gasteiger partial charge on any atom is -0.298 e. The zero-order chi connectivity index (χ0) is 15.3. The summed E-state index contributed by atoms with van der Waals surface area (Å²) in [6.07, 6.45) is 0. The molecule has 0 aromatic carbocycles. The van der Waals surface area contributed by atoms with E-state index in [4.69, 9.17) is 11.6 Å². The Bertz CT molecular complexity index is 970. The van der Waals surface area contributed by atoms with Crippen LogP contribution in [0.4, 0.5) is 0 Å². The quantitative estimate of drug-likeness (QED) is 0.602. The van der Waals surface area contributed by atoms with Gasteiger partial charge in [-0.05, 0) is 15.9 Å². The van der Waals surface area contributed by atoms with Crippen LogP contribution >= 0.6 is 39.1 Å². The van der Waals surface area contributed by atoms with E-state index < -0.39 is 11.2 Å². The van der Waals surface area contributed by atoms with Gasteiger partial charge in [-0.2, -0.15) is 0 Å². The monoisotopic (exact) mass is 390 g/mol. The van der Waals surface area contributed by atoms with Crippen molar-refractivity contribution in [2.75, 3.05) is 0 Å². The zero-order valence-corrected chi connectivity index (χ0v) is 14.0. The molecule has 0 fully saturated rings. The van der Waals surface area contributed by atoms with Crippen molar-refractivity contribution in [2.45, 2.75) is 6.54 Å². The van der Waals surface area contributed by atoms with E-state index in [0.29, 0.717) is 20.4 Å². The van der Waals surface area contributed by atoms with Gasteiger partial charge in [-0.3, -0.25) is 18.5 Å². The predicted molar refractivity (Wildman–Crippen MR) is 81.9 cm³/mol. The van der Waals surface area contributed by atoms with Crippen molar-refractivity contribution >= 4 is 50.2 Å². The van der Waals surface area contributed by atoms with Gasteiger partial charge in [-0.1, -0.05) is 16.1 Å². The summed E-state index contributed by atoms with van der Waals surface area (Å²) in [5.74, 6) is 0. The van der Waals surface area contributed by atoms with Crippen molar-refractivity contribution in [2.24, 2.45) is 14.1 Å². The molecule has 0 saturated heterocycles. The minimum atomic E-state index is -0.449. The lowest BCUT2D eigenvalue weighted by atomic mass is 10.4. The lowest BCUT2D eigenvalue weighted by Crippen LogP contribution is -2.37. The first-order valence-electron chi connectivity index (χ1n) is 5.70. The molecule has 3 rings (SSSR count). The second-order valence-electron chi connectivity index (χ2n) is 4.34. The van der Waals surface area contributed by atoms with Crippen LogP contribution < -0.4 is 11.2 Å². The fraction of sp³-hybridized carbons (Fsp3) is 0.300. The molecule has 0 unspecified atom stereocenters. The largest absolute Gasteiger partial charge is 0.332 e. The van der Waals surface area contributed by atoms with Gasteiger partial charge in [0, 0.05) is 25.6 Å². The van der Waals surface area contributed by atoms with E-state index in [-0.39, 0.29) is 12.1 Å². The maximum absolute atomic E-state index is 12.1. The standard InChI is InChI=1S/C10H8BrClN6O2S/c1-16-7-5(8(19)17(2)10(16)20)13-9(11)18(7)3-4-6(12)21-15-14-4/h3H2,1-2H3. The molecular weight excluding hydrogens is 384 g/mol. The molecule has 3 aromatic rings. The number of aromatic nitrogens is 6. The third-order valence-electron chi connectivity index (χ3n) is 3.11. The van der Waals surface area contributed by atoms with Crippen molar-refractivity contribution < 1.29 is 0 Å². The van der Waals surface area contributed by atoms with Crippen LogP contribution in [0.15, 0.2) is 14.3 Å². The highest BCUT2D eigenvalue weighted by molar-refractivity contribution is 9.10. The number of hydrogen-bond acceptors (Lipinski definition) is 6. The maximum Gasteiger partial charge on any atom is 0.332 e. The smallest absolute Gasteiger partial charge is 0.298 e. The topological polar surface area (TPSA) is 87.6 Å². The number of nitrogens with zero attached hydrogens (tertiary/aromatic N) is 6. The summed E-state index contributed by atoms with van der Waals surface area (Å²) < 4.78 is 8.67. The molecule has 11 heteroatoms.